The molecule has 0 unspecified atom stereocenters. The van der Waals surface area contributed by atoms with Crippen molar-refractivity contribution in [3.05, 3.63) is 34.4 Å². The van der Waals surface area contributed by atoms with Crippen LogP contribution in [0, 0.1) is 0 Å². The summed E-state index contributed by atoms with van der Waals surface area (Å²) in [5.74, 6) is -6.87. The molecular formula is C14H12F8O2. The van der Waals surface area contributed by atoms with Gasteiger partial charge in [0.15, 0.2) is 0 Å². The van der Waals surface area contributed by atoms with Crippen molar-refractivity contribution >= 4 is 5.97 Å². The molecule has 0 spiro atoms. The van der Waals surface area contributed by atoms with Gasteiger partial charge in [-0.25, -0.2) is 4.79 Å². The van der Waals surface area contributed by atoms with Crippen LogP contribution in [0.4, 0.5) is 35.1 Å². The molecule has 0 N–H and O–H groups in total. The molecule has 0 saturated heterocycles. The number of hydrogen-bond donors (Lipinski definition) is 0. The van der Waals surface area contributed by atoms with E-state index < -0.39 is 59.5 Å². The summed E-state index contributed by atoms with van der Waals surface area (Å²) >= 11 is 0. The van der Waals surface area contributed by atoms with Gasteiger partial charge in [-0.2, -0.15) is 35.1 Å². The van der Waals surface area contributed by atoms with Crippen molar-refractivity contribution in [2.45, 2.75) is 38.5 Å². The van der Waals surface area contributed by atoms with E-state index in [2.05, 4.69) is 4.74 Å². The lowest BCUT2D eigenvalue weighted by Crippen LogP contribution is -2.31. The Morgan fingerprint density at radius 2 is 1.42 bits per heavy atom. The molecule has 0 aliphatic carbocycles. The summed E-state index contributed by atoms with van der Waals surface area (Å²) in [6.45, 7) is 1.71. The van der Waals surface area contributed by atoms with Crippen molar-refractivity contribution in [1.29, 1.82) is 0 Å². The van der Waals surface area contributed by atoms with E-state index >= 15 is 0 Å². The van der Waals surface area contributed by atoms with E-state index in [1.165, 1.54) is 6.92 Å². The summed E-state index contributed by atoms with van der Waals surface area (Å²) < 4.78 is 110. The molecule has 1 rings (SSSR count). The number of rotatable bonds is 4. The second kappa shape index (κ2) is 6.56. The lowest BCUT2D eigenvalue weighted by molar-refractivity contribution is -0.173. The third-order valence-electron chi connectivity index (χ3n) is 3.11. The highest BCUT2D eigenvalue weighted by Crippen LogP contribution is 2.43. The summed E-state index contributed by atoms with van der Waals surface area (Å²) in [4.78, 5) is 11.3. The normalized spacial score (nSPS) is 13.1. The Bertz CT molecular complexity index is 616. The second-order valence-corrected chi connectivity index (χ2v) is 4.69. The standard InChI is InChI=1S/C14H12F8O2/c1-3-8-9(12(15,16)11(23)24-4-2)5-7(13(17,18)19)6-10(8)14(20,21)22/h5-6H,3-4H2,1-2H3. The van der Waals surface area contributed by atoms with Crippen LogP contribution in [0.2, 0.25) is 0 Å². The molecule has 0 aromatic heterocycles. The third-order valence-corrected chi connectivity index (χ3v) is 3.11. The van der Waals surface area contributed by atoms with Gasteiger partial charge in [-0.1, -0.05) is 6.92 Å². The quantitative estimate of drug-likeness (QED) is 0.559. The fourth-order valence-electron chi connectivity index (χ4n) is 2.08. The molecule has 24 heavy (non-hydrogen) atoms. The number of carbonyl (C=O) groups is 1. The first-order chi connectivity index (χ1) is 10.8. The van der Waals surface area contributed by atoms with Gasteiger partial charge in [0.2, 0.25) is 0 Å². The molecule has 10 heteroatoms. The summed E-state index contributed by atoms with van der Waals surface area (Å²) in [5.41, 5.74) is -6.54. The summed E-state index contributed by atoms with van der Waals surface area (Å²) in [6.07, 6.45) is -11.3. The fourth-order valence-corrected chi connectivity index (χ4v) is 2.08. The number of benzene rings is 1. The monoisotopic (exact) mass is 364 g/mol. The number of ether oxygens (including phenoxy) is 1. The first-order valence-corrected chi connectivity index (χ1v) is 6.63. The lowest BCUT2D eigenvalue weighted by atomic mass is 9.91. The van der Waals surface area contributed by atoms with Gasteiger partial charge >= 0.3 is 24.2 Å². The Morgan fingerprint density at radius 1 is 0.917 bits per heavy atom. The van der Waals surface area contributed by atoms with E-state index in [0.29, 0.717) is 0 Å². The average molecular weight is 364 g/mol. The van der Waals surface area contributed by atoms with Crippen LogP contribution < -0.4 is 0 Å². The van der Waals surface area contributed by atoms with Crippen LogP contribution in [0.25, 0.3) is 0 Å². The maximum atomic E-state index is 14.1. The fraction of sp³-hybridized carbons (Fsp3) is 0.500. The Balaban J connectivity index is 3.78. The van der Waals surface area contributed by atoms with Gasteiger partial charge in [0.25, 0.3) is 0 Å². The van der Waals surface area contributed by atoms with Crippen LogP contribution >= 0.6 is 0 Å². The summed E-state index contributed by atoms with van der Waals surface area (Å²) in [7, 11) is 0. The predicted molar refractivity (Wildman–Crippen MR) is 66.4 cm³/mol. The second-order valence-electron chi connectivity index (χ2n) is 4.69. The Labute approximate surface area is 131 Å². The van der Waals surface area contributed by atoms with E-state index in [4.69, 9.17) is 0 Å². The zero-order valence-corrected chi connectivity index (χ0v) is 12.4. The minimum absolute atomic E-state index is 0.148. The molecule has 0 bridgehead atoms. The zero-order valence-electron chi connectivity index (χ0n) is 12.4. The first-order valence-electron chi connectivity index (χ1n) is 6.63. The van der Waals surface area contributed by atoms with Crippen molar-refractivity contribution in [2.24, 2.45) is 0 Å². The smallest absolute Gasteiger partial charge is 0.416 e. The third kappa shape index (κ3) is 3.96. The minimum atomic E-state index is -5.30. The molecule has 0 atom stereocenters. The highest BCUT2D eigenvalue weighted by atomic mass is 19.4. The molecule has 0 aliphatic heterocycles. The van der Waals surface area contributed by atoms with Gasteiger partial charge in [-0.3, -0.25) is 0 Å². The van der Waals surface area contributed by atoms with E-state index in [9.17, 15) is 39.9 Å². The SMILES string of the molecule is CCOC(=O)C(F)(F)c1cc(C(F)(F)F)cc(C(F)(F)F)c1CC. The Morgan fingerprint density at radius 3 is 1.79 bits per heavy atom. The number of hydrogen-bond acceptors (Lipinski definition) is 2. The molecular weight excluding hydrogens is 352 g/mol. The van der Waals surface area contributed by atoms with E-state index in [1.54, 1.807) is 0 Å². The van der Waals surface area contributed by atoms with Gasteiger partial charge in [0.05, 0.1) is 17.7 Å². The molecule has 136 valence electrons. The maximum Gasteiger partial charge on any atom is 0.416 e. The van der Waals surface area contributed by atoms with E-state index in [-0.39, 0.29) is 12.1 Å². The van der Waals surface area contributed by atoms with Gasteiger partial charge < -0.3 is 4.74 Å². The topological polar surface area (TPSA) is 26.3 Å². The van der Waals surface area contributed by atoms with Crippen LogP contribution in [-0.2, 0) is 34.2 Å². The molecule has 0 radical (unpaired) electrons. The minimum Gasteiger partial charge on any atom is -0.461 e. The van der Waals surface area contributed by atoms with Gasteiger partial charge in [0.1, 0.15) is 0 Å². The van der Waals surface area contributed by atoms with Crippen molar-refractivity contribution in [2.75, 3.05) is 6.61 Å². The highest BCUT2D eigenvalue weighted by Gasteiger charge is 2.48. The van der Waals surface area contributed by atoms with Crippen molar-refractivity contribution in [3.8, 4) is 0 Å². The zero-order chi connectivity index (χ0) is 18.9. The van der Waals surface area contributed by atoms with Crippen molar-refractivity contribution in [1.82, 2.24) is 0 Å². The predicted octanol–water partition coefficient (Wildman–Crippen LogP) is 4.94. The molecule has 0 fully saturated rings. The summed E-state index contributed by atoms with van der Waals surface area (Å²) in [5, 5.41) is 0. The van der Waals surface area contributed by atoms with Crippen LogP contribution in [0.15, 0.2) is 12.1 Å². The first kappa shape index (κ1) is 20.2. The van der Waals surface area contributed by atoms with Crippen molar-refractivity contribution < 1.29 is 44.7 Å². The van der Waals surface area contributed by atoms with Crippen LogP contribution in [0.3, 0.4) is 0 Å². The van der Waals surface area contributed by atoms with Crippen LogP contribution in [0.1, 0.15) is 36.1 Å². The van der Waals surface area contributed by atoms with E-state index in [1.807, 2.05) is 0 Å². The van der Waals surface area contributed by atoms with Crippen LogP contribution in [0.5, 0.6) is 0 Å². The van der Waals surface area contributed by atoms with E-state index in [0.717, 1.165) is 6.92 Å². The summed E-state index contributed by atoms with van der Waals surface area (Å²) in [6, 6.07) is -0.394. The van der Waals surface area contributed by atoms with Gasteiger partial charge in [0, 0.05) is 5.56 Å². The molecule has 0 amide bonds. The maximum absolute atomic E-state index is 14.1. The van der Waals surface area contributed by atoms with Crippen molar-refractivity contribution in [3.63, 3.8) is 0 Å². The largest absolute Gasteiger partial charge is 0.461 e. The Hall–Kier alpha value is -1.87. The van der Waals surface area contributed by atoms with Crippen LogP contribution in [-0.4, -0.2) is 12.6 Å². The number of alkyl halides is 8. The molecule has 1 aromatic rings. The van der Waals surface area contributed by atoms with Gasteiger partial charge in [-0.15, -0.1) is 0 Å². The molecule has 2 nitrogen and oxygen atoms in total. The molecule has 0 saturated carbocycles. The number of esters is 1. The number of carbonyl (C=O) groups excluding carboxylic acids is 1. The molecule has 0 heterocycles. The highest BCUT2D eigenvalue weighted by molar-refractivity contribution is 5.80. The molecule has 0 aliphatic rings. The lowest BCUT2D eigenvalue weighted by Gasteiger charge is -2.23. The average Bonchev–Trinajstić information content (AvgIpc) is 2.43. The number of halogens is 8. The van der Waals surface area contributed by atoms with Gasteiger partial charge in [-0.05, 0) is 31.0 Å². The Kier molecular flexibility index (Phi) is 5.51. The molecule has 1 aromatic carbocycles.